The second-order valence-corrected chi connectivity index (χ2v) is 5.81. The molecular formula is C12H15Br2NO. The van der Waals surface area contributed by atoms with Crippen LogP contribution in [0, 0.1) is 0 Å². The lowest BCUT2D eigenvalue weighted by molar-refractivity contribution is 0.113. The lowest BCUT2D eigenvalue weighted by atomic mass is 10.1. The van der Waals surface area contributed by atoms with Gasteiger partial charge in [0.25, 0.3) is 0 Å². The fourth-order valence-corrected chi connectivity index (χ4v) is 2.57. The molecule has 1 aromatic carbocycles. The number of hydrogen-bond donors (Lipinski definition) is 1. The van der Waals surface area contributed by atoms with E-state index in [9.17, 15) is 0 Å². The van der Waals surface area contributed by atoms with Gasteiger partial charge in [-0.2, -0.15) is 0 Å². The summed E-state index contributed by atoms with van der Waals surface area (Å²) >= 11 is 6.98. The Bertz CT molecular complexity index is 370. The predicted molar refractivity (Wildman–Crippen MR) is 72.5 cm³/mol. The molecule has 88 valence electrons. The van der Waals surface area contributed by atoms with Crippen molar-refractivity contribution in [3.8, 4) is 0 Å². The Morgan fingerprint density at radius 3 is 2.81 bits per heavy atom. The largest absolute Gasteiger partial charge is 0.377 e. The smallest absolute Gasteiger partial charge is 0.0700 e. The van der Waals surface area contributed by atoms with Gasteiger partial charge in [0.05, 0.1) is 6.10 Å². The Hall–Kier alpha value is 0.1000. The molecule has 2 nitrogen and oxygen atoms in total. The van der Waals surface area contributed by atoms with Crippen LogP contribution in [0.3, 0.4) is 0 Å². The van der Waals surface area contributed by atoms with Gasteiger partial charge in [0, 0.05) is 28.1 Å². The van der Waals surface area contributed by atoms with E-state index in [-0.39, 0.29) is 0 Å². The van der Waals surface area contributed by atoms with Crippen molar-refractivity contribution in [1.29, 1.82) is 0 Å². The third kappa shape index (κ3) is 3.06. The number of rotatable bonds is 3. The Morgan fingerprint density at radius 1 is 1.38 bits per heavy atom. The molecule has 1 aliphatic rings. The highest BCUT2D eigenvalue weighted by Crippen LogP contribution is 2.24. The van der Waals surface area contributed by atoms with Gasteiger partial charge in [-0.25, -0.2) is 0 Å². The van der Waals surface area contributed by atoms with Crippen molar-refractivity contribution >= 4 is 31.9 Å². The number of benzene rings is 1. The van der Waals surface area contributed by atoms with Gasteiger partial charge >= 0.3 is 0 Å². The van der Waals surface area contributed by atoms with E-state index in [1.165, 1.54) is 5.56 Å². The van der Waals surface area contributed by atoms with E-state index >= 15 is 0 Å². The van der Waals surface area contributed by atoms with Crippen LogP contribution in [0.1, 0.15) is 18.9 Å². The van der Waals surface area contributed by atoms with Crippen molar-refractivity contribution in [2.45, 2.75) is 32.0 Å². The van der Waals surface area contributed by atoms with Gasteiger partial charge in [0.15, 0.2) is 0 Å². The molecular weight excluding hydrogens is 334 g/mol. The third-order valence-corrected chi connectivity index (χ3v) is 4.81. The maximum Gasteiger partial charge on any atom is 0.0700 e. The summed E-state index contributed by atoms with van der Waals surface area (Å²) in [6.45, 7) is 3.90. The highest BCUT2D eigenvalue weighted by Gasteiger charge is 2.23. The maximum atomic E-state index is 5.52. The van der Waals surface area contributed by atoms with Crippen LogP contribution in [-0.4, -0.2) is 18.8 Å². The summed E-state index contributed by atoms with van der Waals surface area (Å²) in [5.74, 6) is 0. The van der Waals surface area contributed by atoms with Crippen molar-refractivity contribution < 1.29 is 4.74 Å². The summed E-state index contributed by atoms with van der Waals surface area (Å²) in [6.07, 6.45) is 1.44. The van der Waals surface area contributed by atoms with Gasteiger partial charge in [-0.15, -0.1) is 0 Å². The normalized spacial score (nSPS) is 24.9. The van der Waals surface area contributed by atoms with Crippen molar-refractivity contribution in [3.63, 3.8) is 0 Å². The van der Waals surface area contributed by atoms with Gasteiger partial charge in [0.1, 0.15) is 0 Å². The van der Waals surface area contributed by atoms with Crippen LogP contribution >= 0.6 is 31.9 Å². The molecule has 2 rings (SSSR count). The maximum absolute atomic E-state index is 5.52. The second-order valence-electron chi connectivity index (χ2n) is 4.10. The molecule has 0 aromatic heterocycles. The minimum atomic E-state index is 0.332. The highest BCUT2D eigenvalue weighted by molar-refractivity contribution is 9.13. The monoisotopic (exact) mass is 347 g/mol. The molecule has 1 heterocycles. The summed E-state index contributed by atoms with van der Waals surface area (Å²) in [5.41, 5.74) is 1.29. The first-order chi connectivity index (χ1) is 7.66. The molecule has 16 heavy (non-hydrogen) atoms. The first-order valence-corrected chi connectivity index (χ1v) is 7.04. The summed E-state index contributed by atoms with van der Waals surface area (Å²) in [7, 11) is 0. The minimum absolute atomic E-state index is 0.332. The standard InChI is InChI=1S/C12H15Br2NO/c1-8-12(4-5-16-8)15-7-9-2-3-10(13)11(14)6-9/h2-3,6,8,12,15H,4-5,7H2,1H3. The lowest BCUT2D eigenvalue weighted by Crippen LogP contribution is -2.34. The summed E-state index contributed by atoms with van der Waals surface area (Å²) < 4.78 is 7.71. The molecule has 1 saturated heterocycles. The Labute approximate surface area is 113 Å². The first kappa shape index (κ1) is 12.6. The zero-order valence-corrected chi connectivity index (χ0v) is 12.3. The van der Waals surface area contributed by atoms with Crippen LogP contribution < -0.4 is 5.32 Å². The topological polar surface area (TPSA) is 21.3 Å². The van der Waals surface area contributed by atoms with Crippen molar-refractivity contribution in [1.82, 2.24) is 5.32 Å². The van der Waals surface area contributed by atoms with Crippen LogP contribution in [0.5, 0.6) is 0 Å². The zero-order chi connectivity index (χ0) is 11.5. The predicted octanol–water partition coefficient (Wildman–Crippen LogP) is 3.48. The molecule has 1 aliphatic heterocycles. The van der Waals surface area contributed by atoms with Crippen LogP contribution in [0.2, 0.25) is 0 Å². The van der Waals surface area contributed by atoms with E-state index in [0.29, 0.717) is 12.1 Å². The second kappa shape index (κ2) is 5.63. The molecule has 1 N–H and O–H groups in total. The Balaban J connectivity index is 1.91. The third-order valence-electron chi connectivity index (χ3n) is 2.93. The van der Waals surface area contributed by atoms with Crippen LogP contribution in [-0.2, 0) is 11.3 Å². The lowest BCUT2D eigenvalue weighted by Gasteiger charge is -2.16. The molecule has 0 amide bonds. The van der Waals surface area contributed by atoms with Gasteiger partial charge < -0.3 is 10.1 Å². The average molecular weight is 349 g/mol. The molecule has 1 fully saturated rings. The molecule has 0 spiro atoms. The van der Waals surface area contributed by atoms with E-state index in [1.54, 1.807) is 0 Å². The Kier molecular flexibility index (Phi) is 4.41. The van der Waals surface area contributed by atoms with Gasteiger partial charge in [-0.05, 0) is 62.9 Å². The van der Waals surface area contributed by atoms with E-state index < -0.39 is 0 Å². The van der Waals surface area contributed by atoms with Crippen molar-refractivity contribution in [2.24, 2.45) is 0 Å². The molecule has 2 unspecified atom stereocenters. The van der Waals surface area contributed by atoms with Crippen LogP contribution in [0.15, 0.2) is 27.1 Å². The fourth-order valence-electron chi connectivity index (χ4n) is 1.90. The Morgan fingerprint density at radius 2 is 2.19 bits per heavy atom. The molecule has 0 bridgehead atoms. The summed E-state index contributed by atoms with van der Waals surface area (Å²) in [4.78, 5) is 0. The molecule has 1 aromatic rings. The van der Waals surface area contributed by atoms with Crippen LogP contribution in [0.25, 0.3) is 0 Å². The first-order valence-electron chi connectivity index (χ1n) is 5.46. The molecule has 0 radical (unpaired) electrons. The highest BCUT2D eigenvalue weighted by atomic mass is 79.9. The summed E-state index contributed by atoms with van der Waals surface area (Å²) in [6, 6.07) is 6.82. The van der Waals surface area contributed by atoms with E-state index in [0.717, 1.165) is 28.5 Å². The van der Waals surface area contributed by atoms with E-state index in [1.807, 2.05) is 0 Å². The van der Waals surface area contributed by atoms with Gasteiger partial charge in [-0.1, -0.05) is 6.07 Å². The van der Waals surface area contributed by atoms with Crippen molar-refractivity contribution in [2.75, 3.05) is 6.61 Å². The minimum Gasteiger partial charge on any atom is -0.377 e. The summed E-state index contributed by atoms with van der Waals surface area (Å²) in [5, 5.41) is 3.53. The van der Waals surface area contributed by atoms with E-state index in [2.05, 4.69) is 62.3 Å². The van der Waals surface area contributed by atoms with Crippen LogP contribution in [0.4, 0.5) is 0 Å². The number of nitrogens with one attached hydrogen (secondary N) is 1. The number of hydrogen-bond acceptors (Lipinski definition) is 2. The van der Waals surface area contributed by atoms with Gasteiger partial charge in [0.2, 0.25) is 0 Å². The van der Waals surface area contributed by atoms with Crippen molar-refractivity contribution in [3.05, 3.63) is 32.7 Å². The van der Waals surface area contributed by atoms with Gasteiger partial charge in [-0.3, -0.25) is 0 Å². The average Bonchev–Trinajstić information content (AvgIpc) is 2.66. The quantitative estimate of drug-likeness (QED) is 0.902. The van der Waals surface area contributed by atoms with E-state index in [4.69, 9.17) is 4.74 Å². The molecule has 0 saturated carbocycles. The zero-order valence-electron chi connectivity index (χ0n) is 9.17. The number of halogens is 2. The number of ether oxygens (including phenoxy) is 1. The molecule has 0 aliphatic carbocycles. The fraction of sp³-hybridized carbons (Fsp3) is 0.500. The molecule has 4 heteroatoms. The SMILES string of the molecule is CC1OCCC1NCc1ccc(Br)c(Br)c1. The molecule has 2 atom stereocenters.